The third kappa shape index (κ3) is 5.79. The van der Waals surface area contributed by atoms with Gasteiger partial charge in [-0.05, 0) is 54.8 Å². The number of hydrogen-bond acceptors (Lipinski definition) is 2. The van der Waals surface area contributed by atoms with Crippen molar-refractivity contribution in [1.82, 2.24) is 0 Å². The van der Waals surface area contributed by atoms with Gasteiger partial charge in [0.05, 0.1) is 6.61 Å². The molecule has 2 rings (SSSR count). The molecule has 0 aromatic heterocycles. The van der Waals surface area contributed by atoms with E-state index in [0.717, 1.165) is 36.9 Å². The Morgan fingerprint density at radius 2 is 1.64 bits per heavy atom. The molecule has 22 heavy (non-hydrogen) atoms. The highest BCUT2D eigenvalue weighted by atomic mass is 79.9. The number of aryl methyl sites for hydroxylation is 1. The van der Waals surface area contributed by atoms with E-state index in [1.165, 1.54) is 15.4 Å². The number of terminal acetylenes is 1. The molecule has 0 saturated heterocycles. The molecule has 0 fully saturated rings. The molecule has 0 saturated carbocycles. The van der Waals surface area contributed by atoms with E-state index < -0.39 is 0 Å². The van der Waals surface area contributed by atoms with Gasteiger partial charge in [-0.3, -0.25) is 0 Å². The van der Waals surface area contributed by atoms with Crippen LogP contribution >= 0.6 is 27.7 Å². The Kier molecular flexibility index (Phi) is 7.42. The van der Waals surface area contributed by atoms with Crippen molar-refractivity contribution in [2.24, 2.45) is 0 Å². The summed E-state index contributed by atoms with van der Waals surface area (Å²) in [7, 11) is 0. The van der Waals surface area contributed by atoms with Crippen LogP contribution in [0, 0.1) is 12.3 Å². The molecule has 2 aromatic rings. The summed E-state index contributed by atoms with van der Waals surface area (Å²) < 4.78 is 5.65. The van der Waals surface area contributed by atoms with Crippen LogP contribution in [0.25, 0.3) is 0 Å². The number of halogens is 1. The van der Waals surface area contributed by atoms with Crippen LogP contribution < -0.4 is 4.74 Å². The molecule has 1 nitrogen and oxygen atoms in total. The van der Waals surface area contributed by atoms with Crippen molar-refractivity contribution < 1.29 is 4.74 Å². The molecule has 0 N–H and O–H groups in total. The average Bonchev–Trinajstić information content (AvgIpc) is 2.56. The van der Waals surface area contributed by atoms with Gasteiger partial charge in [0, 0.05) is 21.5 Å². The Morgan fingerprint density at radius 1 is 1.00 bits per heavy atom. The van der Waals surface area contributed by atoms with Crippen molar-refractivity contribution in [3.63, 3.8) is 0 Å². The number of rotatable bonds is 8. The first-order valence-corrected chi connectivity index (χ1v) is 9.24. The summed E-state index contributed by atoms with van der Waals surface area (Å²) in [5, 5.41) is 0.971. The van der Waals surface area contributed by atoms with Crippen LogP contribution in [0.1, 0.15) is 18.4 Å². The summed E-state index contributed by atoms with van der Waals surface area (Å²) in [4.78, 5) is 2.45. The third-order valence-corrected chi connectivity index (χ3v) is 4.66. The fraction of sp³-hybridized carbons (Fsp3) is 0.263. The Hall–Kier alpha value is -1.37. The Morgan fingerprint density at radius 3 is 2.23 bits per heavy atom. The fourth-order valence-corrected chi connectivity index (χ4v) is 2.97. The van der Waals surface area contributed by atoms with Gasteiger partial charge in [0.1, 0.15) is 5.75 Å². The number of benzene rings is 2. The van der Waals surface area contributed by atoms with E-state index in [1.54, 1.807) is 11.8 Å². The molecule has 114 valence electrons. The summed E-state index contributed by atoms with van der Waals surface area (Å²) in [6.45, 7) is 0.747. The van der Waals surface area contributed by atoms with Gasteiger partial charge in [0.25, 0.3) is 0 Å². The standard InChI is InChI=1S/C19H19BrOS/c1-2-3-5-16-6-10-18(11-7-16)22-19-12-8-17(9-13-19)21-15-4-14-20/h1,6-13H,3-5,14-15H2. The van der Waals surface area contributed by atoms with Gasteiger partial charge in [0.2, 0.25) is 0 Å². The van der Waals surface area contributed by atoms with Crippen LogP contribution in [0.4, 0.5) is 0 Å². The van der Waals surface area contributed by atoms with Crippen molar-refractivity contribution in [2.75, 3.05) is 11.9 Å². The summed E-state index contributed by atoms with van der Waals surface area (Å²) in [5.41, 5.74) is 1.29. The summed E-state index contributed by atoms with van der Waals surface area (Å²) in [6, 6.07) is 16.8. The molecule has 0 atom stereocenters. The highest BCUT2D eigenvalue weighted by Gasteiger charge is 2.00. The molecule has 3 heteroatoms. The second-order valence-electron chi connectivity index (χ2n) is 4.81. The normalized spacial score (nSPS) is 10.2. The van der Waals surface area contributed by atoms with Crippen molar-refractivity contribution >= 4 is 27.7 Å². The lowest BCUT2D eigenvalue weighted by atomic mass is 10.1. The molecule has 0 spiro atoms. The van der Waals surface area contributed by atoms with Gasteiger partial charge in [-0.2, -0.15) is 0 Å². The Balaban J connectivity index is 1.89. The van der Waals surface area contributed by atoms with E-state index in [1.807, 2.05) is 12.1 Å². The van der Waals surface area contributed by atoms with Crippen LogP contribution in [-0.2, 0) is 6.42 Å². The predicted octanol–water partition coefficient (Wildman–Crippen LogP) is 5.57. The Bertz CT molecular complexity index is 599. The largest absolute Gasteiger partial charge is 0.494 e. The van der Waals surface area contributed by atoms with Crippen LogP contribution in [0.3, 0.4) is 0 Å². The number of ether oxygens (including phenoxy) is 1. The monoisotopic (exact) mass is 374 g/mol. The minimum atomic E-state index is 0.747. The van der Waals surface area contributed by atoms with Gasteiger partial charge in [0.15, 0.2) is 0 Å². The smallest absolute Gasteiger partial charge is 0.119 e. The van der Waals surface area contributed by atoms with Crippen molar-refractivity contribution in [1.29, 1.82) is 0 Å². The van der Waals surface area contributed by atoms with Gasteiger partial charge in [-0.15, -0.1) is 12.3 Å². The zero-order valence-electron chi connectivity index (χ0n) is 12.4. The average molecular weight is 375 g/mol. The van der Waals surface area contributed by atoms with Crippen LogP contribution in [-0.4, -0.2) is 11.9 Å². The van der Waals surface area contributed by atoms with Crippen molar-refractivity contribution in [3.05, 3.63) is 54.1 Å². The molecular weight excluding hydrogens is 356 g/mol. The van der Waals surface area contributed by atoms with E-state index in [4.69, 9.17) is 11.2 Å². The van der Waals surface area contributed by atoms with Crippen molar-refractivity contribution in [2.45, 2.75) is 29.1 Å². The second kappa shape index (κ2) is 9.61. The molecule has 0 aliphatic carbocycles. The summed E-state index contributed by atoms with van der Waals surface area (Å²) in [5.74, 6) is 3.60. The lowest BCUT2D eigenvalue weighted by Crippen LogP contribution is -1.97. The number of alkyl halides is 1. The Labute approximate surface area is 145 Å². The lowest BCUT2D eigenvalue weighted by molar-refractivity contribution is 0.319. The minimum Gasteiger partial charge on any atom is -0.494 e. The first-order valence-electron chi connectivity index (χ1n) is 7.31. The molecule has 0 heterocycles. The van der Waals surface area contributed by atoms with E-state index in [9.17, 15) is 0 Å². The fourth-order valence-electron chi connectivity index (χ4n) is 1.93. The van der Waals surface area contributed by atoms with Crippen LogP contribution in [0.15, 0.2) is 58.3 Å². The molecule has 0 unspecified atom stereocenters. The maximum absolute atomic E-state index is 5.65. The summed E-state index contributed by atoms with van der Waals surface area (Å²) >= 11 is 5.15. The van der Waals surface area contributed by atoms with E-state index in [0.29, 0.717) is 0 Å². The summed E-state index contributed by atoms with van der Waals surface area (Å²) in [6.07, 6.45) is 8.05. The van der Waals surface area contributed by atoms with Crippen LogP contribution in [0.2, 0.25) is 0 Å². The third-order valence-electron chi connectivity index (χ3n) is 3.09. The highest BCUT2D eigenvalue weighted by molar-refractivity contribution is 9.09. The van der Waals surface area contributed by atoms with Crippen LogP contribution in [0.5, 0.6) is 5.75 Å². The highest BCUT2D eigenvalue weighted by Crippen LogP contribution is 2.29. The van der Waals surface area contributed by atoms with Gasteiger partial charge in [-0.25, -0.2) is 0 Å². The zero-order valence-corrected chi connectivity index (χ0v) is 14.8. The van der Waals surface area contributed by atoms with Gasteiger partial charge in [-0.1, -0.05) is 39.8 Å². The molecule has 0 radical (unpaired) electrons. The van der Waals surface area contributed by atoms with Gasteiger partial charge >= 0.3 is 0 Å². The first kappa shape index (κ1) is 17.0. The molecular formula is C19H19BrOS. The minimum absolute atomic E-state index is 0.747. The molecule has 0 amide bonds. The topological polar surface area (TPSA) is 9.23 Å². The van der Waals surface area contributed by atoms with E-state index in [2.05, 4.69) is 58.2 Å². The molecule has 2 aromatic carbocycles. The van der Waals surface area contributed by atoms with E-state index in [-0.39, 0.29) is 0 Å². The maximum Gasteiger partial charge on any atom is 0.119 e. The lowest BCUT2D eigenvalue weighted by Gasteiger charge is -2.07. The molecule has 0 aliphatic heterocycles. The van der Waals surface area contributed by atoms with E-state index >= 15 is 0 Å². The quantitative estimate of drug-likeness (QED) is 0.339. The van der Waals surface area contributed by atoms with Gasteiger partial charge < -0.3 is 4.74 Å². The molecule has 0 bridgehead atoms. The zero-order chi connectivity index (χ0) is 15.6. The SMILES string of the molecule is C#CCCc1ccc(Sc2ccc(OCCCBr)cc2)cc1. The number of hydrogen-bond donors (Lipinski definition) is 0. The molecule has 0 aliphatic rings. The second-order valence-corrected chi connectivity index (χ2v) is 6.75. The first-order chi connectivity index (χ1) is 10.8. The van der Waals surface area contributed by atoms with Crippen molar-refractivity contribution in [3.8, 4) is 18.1 Å². The maximum atomic E-state index is 5.65. The predicted molar refractivity (Wildman–Crippen MR) is 98.1 cm³/mol.